The number of benzene rings is 1. The Hall–Kier alpha value is -2.18. The normalized spacial score (nSPS) is 22.3. The lowest BCUT2D eigenvalue weighted by atomic mass is 10.0. The first-order valence-electron chi connectivity index (χ1n) is 5.62. The van der Waals surface area contributed by atoms with E-state index in [1.54, 1.807) is 6.92 Å². The number of hydrogen-bond acceptors (Lipinski definition) is 3. The van der Waals surface area contributed by atoms with Crippen molar-refractivity contribution in [3.8, 4) is 0 Å². The second-order valence-electron chi connectivity index (χ2n) is 4.13. The van der Waals surface area contributed by atoms with E-state index in [9.17, 15) is 18.4 Å². The summed E-state index contributed by atoms with van der Waals surface area (Å²) in [6.45, 7) is 1.58. The van der Waals surface area contributed by atoms with Crippen LogP contribution in [0.2, 0.25) is 0 Å². The van der Waals surface area contributed by atoms with E-state index >= 15 is 0 Å². The number of urea groups is 1. The largest absolute Gasteiger partial charge is 0.443 e. The fourth-order valence-corrected chi connectivity index (χ4v) is 2.05. The van der Waals surface area contributed by atoms with Crippen LogP contribution >= 0.6 is 0 Å². The molecule has 0 aromatic heterocycles. The van der Waals surface area contributed by atoms with Gasteiger partial charge in [-0.1, -0.05) is 6.07 Å². The summed E-state index contributed by atoms with van der Waals surface area (Å²) in [5.41, 5.74) is 0.292. The van der Waals surface area contributed by atoms with Crippen molar-refractivity contribution in [1.82, 2.24) is 10.2 Å². The van der Waals surface area contributed by atoms with Crippen molar-refractivity contribution >= 4 is 12.1 Å². The van der Waals surface area contributed by atoms with Gasteiger partial charge >= 0.3 is 12.1 Å². The number of carbonyl (C=O) groups is 2. The standard InChI is InChI=1S/C12H12F2N2O3/c1-6-10(7-3-4-8(13)9(14)5-7)16(11(17)15-2)12(18)19-6/h3-6,10H,1-2H3,(H,15,17). The average Bonchev–Trinajstić information content (AvgIpc) is 2.67. The summed E-state index contributed by atoms with van der Waals surface area (Å²) >= 11 is 0. The van der Waals surface area contributed by atoms with Crippen LogP contribution in [0.15, 0.2) is 18.2 Å². The number of cyclic esters (lactones) is 1. The van der Waals surface area contributed by atoms with E-state index in [1.165, 1.54) is 13.1 Å². The summed E-state index contributed by atoms with van der Waals surface area (Å²) in [5, 5.41) is 2.30. The number of imide groups is 1. The molecule has 0 bridgehead atoms. The monoisotopic (exact) mass is 270 g/mol. The number of nitrogens with zero attached hydrogens (tertiary/aromatic N) is 1. The summed E-state index contributed by atoms with van der Waals surface area (Å²) in [6, 6.07) is 1.76. The van der Waals surface area contributed by atoms with Crippen molar-refractivity contribution in [1.29, 1.82) is 0 Å². The van der Waals surface area contributed by atoms with Crippen LogP contribution in [-0.4, -0.2) is 30.2 Å². The van der Waals surface area contributed by atoms with Crippen LogP contribution in [0.25, 0.3) is 0 Å². The Labute approximate surface area is 108 Å². The minimum Gasteiger partial charge on any atom is -0.443 e. The maximum atomic E-state index is 13.2. The summed E-state index contributed by atoms with van der Waals surface area (Å²) in [4.78, 5) is 24.1. The molecule has 3 amide bonds. The van der Waals surface area contributed by atoms with Crippen LogP contribution in [0.3, 0.4) is 0 Å². The molecular formula is C12H12F2N2O3. The van der Waals surface area contributed by atoms with Crippen LogP contribution in [-0.2, 0) is 4.74 Å². The van der Waals surface area contributed by atoms with E-state index in [4.69, 9.17) is 4.74 Å². The molecule has 2 unspecified atom stereocenters. The summed E-state index contributed by atoms with van der Waals surface area (Å²) in [6.07, 6.45) is -1.46. The maximum Gasteiger partial charge on any atom is 0.419 e. The first-order chi connectivity index (χ1) is 8.95. The number of hydrogen-bond donors (Lipinski definition) is 1. The molecule has 1 aliphatic rings. The molecule has 1 heterocycles. The number of carbonyl (C=O) groups excluding carboxylic acids is 2. The molecule has 1 aromatic carbocycles. The van der Waals surface area contributed by atoms with Gasteiger partial charge in [-0.3, -0.25) is 0 Å². The molecule has 1 N–H and O–H groups in total. The topological polar surface area (TPSA) is 58.6 Å². The maximum absolute atomic E-state index is 13.2. The van der Waals surface area contributed by atoms with Gasteiger partial charge in [0.05, 0.1) is 0 Å². The summed E-state index contributed by atoms with van der Waals surface area (Å²) < 4.78 is 31.1. The zero-order valence-electron chi connectivity index (χ0n) is 10.3. The van der Waals surface area contributed by atoms with Gasteiger partial charge in [-0.05, 0) is 24.6 Å². The van der Waals surface area contributed by atoms with Crippen molar-refractivity contribution in [3.63, 3.8) is 0 Å². The quantitative estimate of drug-likeness (QED) is 0.851. The zero-order chi connectivity index (χ0) is 14.2. The molecule has 0 aliphatic carbocycles. The molecule has 0 radical (unpaired) electrons. The predicted octanol–water partition coefficient (Wildman–Crippen LogP) is 2.19. The third-order valence-corrected chi connectivity index (χ3v) is 2.92. The van der Waals surface area contributed by atoms with Crippen LogP contribution in [0.1, 0.15) is 18.5 Å². The molecule has 0 saturated carbocycles. The zero-order valence-corrected chi connectivity index (χ0v) is 10.3. The minimum atomic E-state index is -1.04. The molecule has 1 saturated heterocycles. The first kappa shape index (κ1) is 13.3. The highest BCUT2D eigenvalue weighted by Crippen LogP contribution is 2.33. The lowest BCUT2D eigenvalue weighted by Crippen LogP contribution is -2.40. The summed E-state index contributed by atoms with van der Waals surface area (Å²) in [5.74, 6) is -2.03. The van der Waals surface area contributed by atoms with Gasteiger partial charge in [-0.15, -0.1) is 0 Å². The third-order valence-electron chi connectivity index (χ3n) is 2.92. The van der Waals surface area contributed by atoms with Gasteiger partial charge in [0, 0.05) is 7.05 Å². The average molecular weight is 270 g/mol. The Morgan fingerprint density at radius 1 is 1.37 bits per heavy atom. The highest BCUT2D eigenvalue weighted by molar-refractivity contribution is 5.92. The van der Waals surface area contributed by atoms with Crippen LogP contribution in [0, 0.1) is 11.6 Å². The fourth-order valence-electron chi connectivity index (χ4n) is 2.05. The SMILES string of the molecule is CNC(=O)N1C(=O)OC(C)C1c1ccc(F)c(F)c1. The molecule has 0 spiro atoms. The number of amides is 3. The Morgan fingerprint density at radius 3 is 2.63 bits per heavy atom. The second kappa shape index (κ2) is 4.83. The van der Waals surface area contributed by atoms with Crippen LogP contribution in [0.5, 0.6) is 0 Å². The van der Waals surface area contributed by atoms with Gasteiger partial charge in [0.1, 0.15) is 12.1 Å². The van der Waals surface area contributed by atoms with Gasteiger partial charge in [-0.25, -0.2) is 23.3 Å². The van der Waals surface area contributed by atoms with Gasteiger partial charge in [-0.2, -0.15) is 0 Å². The minimum absolute atomic E-state index is 0.292. The van der Waals surface area contributed by atoms with Crippen molar-refractivity contribution in [2.45, 2.75) is 19.1 Å². The number of rotatable bonds is 1. The Bertz CT molecular complexity index is 528. The Morgan fingerprint density at radius 2 is 2.05 bits per heavy atom. The van der Waals surface area contributed by atoms with E-state index in [1.807, 2.05) is 0 Å². The van der Waals surface area contributed by atoms with Gasteiger partial charge in [0.2, 0.25) is 0 Å². The van der Waals surface area contributed by atoms with Gasteiger partial charge < -0.3 is 10.1 Å². The molecule has 1 aliphatic heterocycles. The molecule has 2 rings (SSSR count). The van der Waals surface area contributed by atoms with Crippen LogP contribution in [0.4, 0.5) is 18.4 Å². The highest BCUT2D eigenvalue weighted by atomic mass is 19.2. The third kappa shape index (κ3) is 2.23. The fraction of sp³-hybridized carbons (Fsp3) is 0.333. The van der Waals surface area contributed by atoms with E-state index in [0.29, 0.717) is 5.56 Å². The van der Waals surface area contributed by atoms with Crippen molar-refractivity contribution in [3.05, 3.63) is 35.4 Å². The number of ether oxygens (including phenoxy) is 1. The molecule has 19 heavy (non-hydrogen) atoms. The van der Waals surface area contributed by atoms with Crippen molar-refractivity contribution in [2.75, 3.05) is 7.05 Å². The number of nitrogens with one attached hydrogen (secondary N) is 1. The van der Waals surface area contributed by atoms with Crippen LogP contribution < -0.4 is 5.32 Å². The smallest absolute Gasteiger partial charge is 0.419 e. The Kier molecular flexibility index (Phi) is 3.37. The lowest BCUT2D eigenvalue weighted by Gasteiger charge is -2.21. The predicted molar refractivity (Wildman–Crippen MR) is 61.3 cm³/mol. The van der Waals surface area contributed by atoms with E-state index in [-0.39, 0.29) is 0 Å². The molecule has 102 valence electrons. The lowest BCUT2D eigenvalue weighted by molar-refractivity contribution is 0.138. The Balaban J connectivity index is 2.42. The van der Waals surface area contributed by atoms with E-state index < -0.39 is 35.9 Å². The van der Waals surface area contributed by atoms with Gasteiger partial charge in [0.15, 0.2) is 11.6 Å². The molecule has 5 nitrogen and oxygen atoms in total. The number of halogens is 2. The molecule has 7 heteroatoms. The van der Waals surface area contributed by atoms with Crippen molar-refractivity contribution < 1.29 is 23.1 Å². The van der Waals surface area contributed by atoms with E-state index in [0.717, 1.165) is 17.0 Å². The molecule has 1 aromatic rings. The van der Waals surface area contributed by atoms with Gasteiger partial charge in [0.25, 0.3) is 0 Å². The second-order valence-corrected chi connectivity index (χ2v) is 4.13. The molecule has 1 fully saturated rings. The highest BCUT2D eigenvalue weighted by Gasteiger charge is 2.44. The van der Waals surface area contributed by atoms with Crippen molar-refractivity contribution in [2.24, 2.45) is 0 Å². The molecule has 2 atom stereocenters. The summed E-state index contributed by atoms with van der Waals surface area (Å²) in [7, 11) is 1.36. The first-order valence-corrected chi connectivity index (χ1v) is 5.62. The molecular weight excluding hydrogens is 258 g/mol. The van der Waals surface area contributed by atoms with E-state index in [2.05, 4.69) is 5.32 Å².